The van der Waals surface area contributed by atoms with E-state index in [9.17, 15) is 14.9 Å². The number of rotatable bonds is 4. The van der Waals surface area contributed by atoms with Gasteiger partial charge in [0.15, 0.2) is 0 Å². The summed E-state index contributed by atoms with van der Waals surface area (Å²) < 4.78 is 0. The number of amides is 2. The predicted octanol–water partition coefficient (Wildman–Crippen LogP) is 3.90. The Morgan fingerprint density at radius 2 is 1.67 bits per heavy atom. The molecule has 2 aromatic rings. The molecule has 0 spiro atoms. The van der Waals surface area contributed by atoms with Crippen molar-refractivity contribution in [2.45, 2.75) is 11.7 Å². The van der Waals surface area contributed by atoms with Gasteiger partial charge in [-0.25, -0.2) is 0 Å². The first-order valence-corrected chi connectivity index (χ1v) is 9.49. The number of hydrogen-bond donors (Lipinski definition) is 1. The lowest BCUT2D eigenvalue weighted by molar-refractivity contribution is -0.117. The molecule has 0 unspecified atom stereocenters. The fraction of sp³-hybridized carbons (Fsp3) is 0.105. The first-order chi connectivity index (χ1) is 12.9. The van der Waals surface area contributed by atoms with Crippen molar-refractivity contribution in [1.29, 1.82) is 5.26 Å². The Hall–Kier alpha value is -2.46. The van der Waals surface area contributed by atoms with Crippen LogP contribution in [-0.2, 0) is 16.0 Å². The maximum atomic E-state index is 13.1. The molecule has 0 aromatic heterocycles. The van der Waals surface area contributed by atoms with E-state index >= 15 is 0 Å². The molecule has 1 heterocycles. The van der Waals surface area contributed by atoms with Crippen LogP contribution in [0.4, 0.5) is 5.69 Å². The third-order valence-electron chi connectivity index (χ3n) is 3.94. The zero-order valence-corrected chi connectivity index (χ0v) is 16.2. The number of carbonyl (C=O) groups is 2. The lowest BCUT2D eigenvalue weighted by Gasteiger charge is -2.18. The quantitative estimate of drug-likeness (QED) is 0.603. The largest absolute Gasteiger partial charge is 0.365 e. The molecule has 8 heteroatoms. The topological polar surface area (TPSA) is 87.2 Å². The first kappa shape index (κ1) is 19.3. The number of benzene rings is 2. The smallest absolute Gasteiger partial charge is 0.262 e. The maximum Gasteiger partial charge on any atom is 0.262 e. The van der Waals surface area contributed by atoms with Crippen molar-refractivity contribution >= 4 is 52.5 Å². The molecule has 1 atom stereocenters. The van der Waals surface area contributed by atoms with Crippen molar-refractivity contribution in [3.05, 3.63) is 74.7 Å². The normalized spacial score (nSPS) is 18.3. The second kappa shape index (κ2) is 8.05. The highest BCUT2D eigenvalue weighted by atomic mass is 35.5. The van der Waals surface area contributed by atoms with Gasteiger partial charge in [-0.2, -0.15) is 5.26 Å². The Labute approximate surface area is 170 Å². The van der Waals surface area contributed by atoms with Crippen LogP contribution in [0.25, 0.3) is 0 Å². The van der Waals surface area contributed by atoms with Crippen LogP contribution in [-0.4, -0.2) is 17.1 Å². The summed E-state index contributed by atoms with van der Waals surface area (Å²) in [4.78, 5) is 26.1. The second-order valence-electron chi connectivity index (χ2n) is 5.74. The molecule has 0 saturated carbocycles. The van der Waals surface area contributed by atoms with Crippen LogP contribution >= 0.6 is 35.0 Å². The number of primary amides is 1. The van der Waals surface area contributed by atoms with Gasteiger partial charge in [0, 0.05) is 15.7 Å². The van der Waals surface area contributed by atoms with Gasteiger partial charge in [0.1, 0.15) is 16.7 Å². The number of nitriles is 1. The molecule has 1 aliphatic rings. The summed E-state index contributed by atoms with van der Waals surface area (Å²) in [5.41, 5.74) is 6.53. The number of carbonyl (C=O) groups excluding carboxylic acids is 2. The standard InChI is InChI=1S/C19H13Cl2N3O2S/c20-12-3-1-11(2-4-12)9-16-18(26)24(14-7-5-13(21)6-8-14)19(27-16)15(10-22)17(23)25/h1-8,16H,9H2,(H2,23,25)/b19-15+/t16-/m1/s1. The summed E-state index contributed by atoms with van der Waals surface area (Å²) in [5.74, 6) is -1.11. The highest BCUT2D eigenvalue weighted by Crippen LogP contribution is 2.42. The Morgan fingerprint density at radius 3 is 2.19 bits per heavy atom. The maximum absolute atomic E-state index is 13.1. The van der Waals surface area contributed by atoms with Gasteiger partial charge in [0.25, 0.3) is 5.91 Å². The highest BCUT2D eigenvalue weighted by molar-refractivity contribution is 8.05. The van der Waals surface area contributed by atoms with Crippen molar-refractivity contribution < 1.29 is 9.59 Å². The summed E-state index contributed by atoms with van der Waals surface area (Å²) in [5, 5.41) is 10.2. The third-order valence-corrected chi connectivity index (χ3v) is 5.71. The van der Waals surface area contributed by atoms with E-state index in [1.807, 2.05) is 18.2 Å². The van der Waals surface area contributed by atoms with Gasteiger partial charge in [-0.15, -0.1) is 0 Å². The lowest BCUT2D eigenvalue weighted by Crippen LogP contribution is -2.31. The average molecular weight is 418 g/mol. The molecule has 2 aromatic carbocycles. The van der Waals surface area contributed by atoms with E-state index < -0.39 is 11.2 Å². The molecule has 2 amide bonds. The molecule has 0 aliphatic carbocycles. The van der Waals surface area contributed by atoms with E-state index in [1.165, 1.54) is 4.90 Å². The second-order valence-corrected chi connectivity index (χ2v) is 7.81. The number of nitrogens with zero attached hydrogens (tertiary/aromatic N) is 2. The zero-order chi connectivity index (χ0) is 19.6. The van der Waals surface area contributed by atoms with Crippen molar-refractivity contribution in [2.75, 3.05) is 4.90 Å². The molecule has 0 radical (unpaired) electrons. The van der Waals surface area contributed by atoms with Gasteiger partial charge in [-0.05, 0) is 48.4 Å². The van der Waals surface area contributed by atoms with Crippen molar-refractivity contribution in [3.8, 4) is 6.07 Å². The van der Waals surface area contributed by atoms with Crippen LogP contribution in [0.1, 0.15) is 5.56 Å². The minimum Gasteiger partial charge on any atom is -0.365 e. The van der Waals surface area contributed by atoms with Crippen LogP contribution in [0.3, 0.4) is 0 Å². The molecular formula is C19H13Cl2N3O2S. The molecule has 0 bridgehead atoms. The van der Waals surface area contributed by atoms with Crippen LogP contribution in [0.5, 0.6) is 0 Å². The van der Waals surface area contributed by atoms with Crippen LogP contribution in [0.15, 0.2) is 59.1 Å². The van der Waals surface area contributed by atoms with Gasteiger partial charge in [0.05, 0.1) is 5.25 Å². The van der Waals surface area contributed by atoms with Gasteiger partial charge < -0.3 is 5.73 Å². The number of anilines is 1. The molecule has 2 N–H and O–H groups in total. The summed E-state index contributed by atoms with van der Waals surface area (Å²) in [7, 11) is 0. The molecule has 27 heavy (non-hydrogen) atoms. The fourth-order valence-electron chi connectivity index (χ4n) is 2.66. The molecule has 1 fully saturated rings. The summed E-state index contributed by atoms with van der Waals surface area (Å²) in [6.45, 7) is 0. The Morgan fingerprint density at radius 1 is 1.11 bits per heavy atom. The van der Waals surface area contributed by atoms with E-state index in [-0.39, 0.29) is 16.5 Å². The molecule has 1 aliphatic heterocycles. The number of halogens is 2. The van der Waals surface area contributed by atoms with E-state index in [1.54, 1.807) is 36.4 Å². The number of nitrogens with two attached hydrogens (primary N) is 1. The minimum absolute atomic E-state index is 0.233. The fourth-order valence-corrected chi connectivity index (χ4v) is 4.23. The lowest BCUT2D eigenvalue weighted by atomic mass is 10.1. The Bertz CT molecular complexity index is 966. The van der Waals surface area contributed by atoms with Crippen LogP contribution in [0, 0.1) is 11.3 Å². The molecule has 3 rings (SSSR count). The zero-order valence-electron chi connectivity index (χ0n) is 13.9. The monoisotopic (exact) mass is 417 g/mol. The van der Waals surface area contributed by atoms with E-state index in [0.29, 0.717) is 22.2 Å². The molecular weight excluding hydrogens is 405 g/mol. The molecule has 1 saturated heterocycles. The predicted molar refractivity (Wildman–Crippen MR) is 107 cm³/mol. The van der Waals surface area contributed by atoms with Gasteiger partial charge >= 0.3 is 0 Å². The van der Waals surface area contributed by atoms with Gasteiger partial charge in [-0.3, -0.25) is 14.5 Å². The van der Waals surface area contributed by atoms with E-state index in [0.717, 1.165) is 17.3 Å². The van der Waals surface area contributed by atoms with Gasteiger partial charge in [-0.1, -0.05) is 47.1 Å². The van der Waals surface area contributed by atoms with E-state index in [4.69, 9.17) is 28.9 Å². The average Bonchev–Trinajstić information content (AvgIpc) is 2.94. The van der Waals surface area contributed by atoms with Crippen molar-refractivity contribution in [3.63, 3.8) is 0 Å². The third kappa shape index (κ3) is 4.11. The number of hydrogen-bond acceptors (Lipinski definition) is 4. The van der Waals surface area contributed by atoms with Crippen LogP contribution in [0.2, 0.25) is 10.0 Å². The van der Waals surface area contributed by atoms with Gasteiger partial charge in [0.2, 0.25) is 5.91 Å². The Kier molecular flexibility index (Phi) is 5.76. The Balaban J connectivity index is 2.01. The number of thioether (sulfide) groups is 1. The highest BCUT2D eigenvalue weighted by Gasteiger charge is 2.40. The SMILES string of the molecule is N#C/C(C(N)=O)=C1\S[C@H](Cc2ccc(Cl)cc2)C(=O)N1c1ccc(Cl)cc1. The molecule has 5 nitrogen and oxygen atoms in total. The van der Waals surface area contributed by atoms with Crippen molar-refractivity contribution in [1.82, 2.24) is 0 Å². The summed E-state index contributed by atoms with van der Waals surface area (Å²) in [6, 6.07) is 15.6. The van der Waals surface area contributed by atoms with E-state index in [2.05, 4.69) is 0 Å². The molecule has 136 valence electrons. The summed E-state index contributed by atoms with van der Waals surface area (Å²) in [6.07, 6.45) is 0.422. The minimum atomic E-state index is -0.876. The first-order valence-electron chi connectivity index (χ1n) is 7.85. The van der Waals surface area contributed by atoms with Crippen LogP contribution < -0.4 is 10.6 Å². The summed E-state index contributed by atoms with van der Waals surface area (Å²) >= 11 is 13.0. The van der Waals surface area contributed by atoms with Crippen molar-refractivity contribution in [2.24, 2.45) is 5.73 Å².